The molecule has 0 aromatic rings. The van der Waals surface area contributed by atoms with Crippen LogP contribution in [0.2, 0.25) is 0 Å². The molecule has 0 radical (unpaired) electrons. The second-order valence-electron chi connectivity index (χ2n) is 2.67. The quantitative estimate of drug-likeness (QED) is 0.740. The van der Waals surface area contributed by atoms with E-state index in [1.807, 2.05) is 0 Å². The van der Waals surface area contributed by atoms with Crippen molar-refractivity contribution in [1.29, 1.82) is 0 Å². The Labute approximate surface area is 85.3 Å². The van der Waals surface area contributed by atoms with Gasteiger partial charge in [0.15, 0.2) is 0 Å². The molecule has 0 aliphatic carbocycles. The Kier molecular flexibility index (Phi) is 6.98. The Balaban J connectivity index is 0. The fourth-order valence-electron chi connectivity index (χ4n) is 0.928. The first-order valence-electron chi connectivity index (χ1n) is 3.20. The monoisotopic (exact) mass is 234 g/mol. The molecule has 62 valence electrons. The molecule has 0 fully saturated rings. The average molecular weight is 235 g/mol. The number of hydrogen-bond acceptors (Lipinski definition) is 2. The van der Waals surface area contributed by atoms with Crippen molar-refractivity contribution in [2.45, 2.75) is 20.8 Å². The zero-order chi connectivity index (χ0) is 8.31. The smallest absolute Gasteiger partial charge is 0.314 e. The Morgan fingerprint density at radius 3 is 1.64 bits per heavy atom. The zero-order valence-corrected chi connectivity index (χ0v) is 9.38. The average Bonchev–Trinajstić information content (AvgIpc) is 1.59. The summed E-state index contributed by atoms with van der Waals surface area (Å²) in [6.07, 6.45) is 0. The Morgan fingerprint density at radius 2 is 1.64 bits per heavy atom. The third-order valence-corrected chi connectivity index (χ3v) is 1.37. The van der Waals surface area contributed by atoms with Gasteiger partial charge in [-0.15, -0.1) is 0 Å². The maximum absolute atomic E-state index is 10.6. The summed E-state index contributed by atoms with van der Waals surface area (Å²) in [6, 6.07) is 0. The van der Waals surface area contributed by atoms with Crippen LogP contribution >= 0.6 is 0 Å². The third kappa shape index (κ3) is 4.46. The van der Waals surface area contributed by atoms with E-state index in [1.54, 1.807) is 13.8 Å². The number of carbonyl (C=O) groups excluding carboxylic acids is 1. The van der Waals surface area contributed by atoms with E-state index < -0.39 is 11.9 Å². The van der Waals surface area contributed by atoms with Crippen LogP contribution in [0.25, 0.3) is 0 Å². The molecule has 0 aromatic heterocycles. The minimum absolute atomic E-state index is 0. The van der Waals surface area contributed by atoms with Crippen molar-refractivity contribution in [3.05, 3.63) is 0 Å². The van der Waals surface area contributed by atoms with Gasteiger partial charge in [-0.3, -0.25) is 9.59 Å². The van der Waals surface area contributed by atoms with E-state index in [2.05, 4.69) is 0 Å². The molecular weight excluding hydrogens is 223 g/mol. The Hall–Kier alpha value is 0.0231. The fraction of sp³-hybridized carbons (Fsp3) is 0.714. The number of ketones is 1. The van der Waals surface area contributed by atoms with Gasteiger partial charge >= 0.3 is 5.97 Å². The molecule has 1 N–H and O–H groups in total. The number of carboxylic acid groups (broad SMARTS) is 1. The van der Waals surface area contributed by atoms with E-state index in [4.69, 9.17) is 5.11 Å². The maximum atomic E-state index is 10.6. The summed E-state index contributed by atoms with van der Waals surface area (Å²) in [6.45, 7) is 4.75. The van der Waals surface area contributed by atoms with Crippen molar-refractivity contribution >= 4 is 11.8 Å². The summed E-state index contributed by atoms with van der Waals surface area (Å²) < 4.78 is 0. The minimum atomic E-state index is -1.03. The maximum Gasteiger partial charge on any atom is 0.314 e. The van der Waals surface area contributed by atoms with E-state index >= 15 is 0 Å². The van der Waals surface area contributed by atoms with E-state index in [9.17, 15) is 9.59 Å². The van der Waals surface area contributed by atoms with Gasteiger partial charge in [0, 0.05) is 26.2 Å². The summed E-state index contributed by atoms with van der Waals surface area (Å²) in [5, 5.41) is 8.49. The van der Waals surface area contributed by atoms with Gasteiger partial charge in [0.1, 0.15) is 11.7 Å². The van der Waals surface area contributed by atoms with Crippen molar-refractivity contribution in [3.63, 3.8) is 0 Å². The van der Waals surface area contributed by atoms with Crippen LogP contribution in [0.4, 0.5) is 0 Å². The fourth-order valence-corrected chi connectivity index (χ4v) is 0.928. The number of aliphatic carboxylic acids is 1. The summed E-state index contributed by atoms with van der Waals surface area (Å²) in [7, 11) is 0. The van der Waals surface area contributed by atoms with Crippen LogP contribution < -0.4 is 0 Å². The first-order valence-corrected chi connectivity index (χ1v) is 3.20. The number of rotatable bonds is 3. The summed E-state index contributed by atoms with van der Waals surface area (Å²) >= 11 is 0. The van der Waals surface area contributed by atoms with E-state index in [-0.39, 0.29) is 37.9 Å². The SMILES string of the molecule is CC(=O)C(C(=O)O)C(C)C.[Zr]. The Bertz CT molecular complexity index is 140. The molecule has 0 heterocycles. The normalized spacial score (nSPS) is 12.0. The first kappa shape index (κ1) is 13.6. The molecule has 1 atom stereocenters. The standard InChI is InChI=1S/C7H12O3.Zr/c1-4(2)6(5(3)8)7(9)10;/h4,6H,1-3H3,(H,9,10);. The van der Waals surface area contributed by atoms with Crippen molar-refractivity contribution in [1.82, 2.24) is 0 Å². The van der Waals surface area contributed by atoms with E-state index in [1.165, 1.54) is 6.92 Å². The topological polar surface area (TPSA) is 54.4 Å². The van der Waals surface area contributed by atoms with Crippen molar-refractivity contribution in [2.24, 2.45) is 11.8 Å². The van der Waals surface area contributed by atoms with Crippen molar-refractivity contribution in [2.75, 3.05) is 0 Å². The van der Waals surface area contributed by atoms with Gasteiger partial charge < -0.3 is 5.11 Å². The molecule has 1 unspecified atom stereocenters. The number of carboxylic acids is 1. The largest absolute Gasteiger partial charge is 0.481 e. The summed E-state index contributed by atoms with van der Waals surface area (Å²) in [5.74, 6) is -2.25. The molecule has 0 aliphatic rings. The van der Waals surface area contributed by atoms with Gasteiger partial charge in [0.2, 0.25) is 0 Å². The van der Waals surface area contributed by atoms with E-state index in [0.717, 1.165) is 0 Å². The van der Waals surface area contributed by atoms with Crippen molar-refractivity contribution < 1.29 is 40.9 Å². The second kappa shape index (κ2) is 5.65. The third-order valence-electron chi connectivity index (χ3n) is 1.37. The molecule has 0 aliphatic heterocycles. The van der Waals surface area contributed by atoms with Gasteiger partial charge in [-0.05, 0) is 12.8 Å². The zero-order valence-electron chi connectivity index (χ0n) is 6.92. The summed E-state index contributed by atoms with van der Waals surface area (Å²) in [4.78, 5) is 21.0. The number of hydrogen-bond donors (Lipinski definition) is 1. The van der Waals surface area contributed by atoms with Crippen molar-refractivity contribution in [3.8, 4) is 0 Å². The predicted molar refractivity (Wildman–Crippen MR) is 36.6 cm³/mol. The molecule has 11 heavy (non-hydrogen) atoms. The van der Waals surface area contributed by atoms with Crippen LogP contribution in [0.5, 0.6) is 0 Å². The molecule has 0 rings (SSSR count). The van der Waals surface area contributed by atoms with Gasteiger partial charge in [-0.25, -0.2) is 0 Å². The van der Waals surface area contributed by atoms with Crippen LogP contribution in [0.3, 0.4) is 0 Å². The molecule has 3 nitrogen and oxygen atoms in total. The van der Waals surface area contributed by atoms with Gasteiger partial charge in [0.05, 0.1) is 0 Å². The molecule has 0 amide bonds. The molecular formula is C7H12O3Zr. The van der Waals surface area contributed by atoms with Crippen LogP contribution in [-0.2, 0) is 35.8 Å². The molecule has 0 saturated heterocycles. The molecule has 0 bridgehead atoms. The summed E-state index contributed by atoms with van der Waals surface area (Å²) in [5.41, 5.74) is 0. The second-order valence-corrected chi connectivity index (χ2v) is 2.67. The van der Waals surface area contributed by atoms with Gasteiger partial charge in [0.25, 0.3) is 0 Å². The Morgan fingerprint density at radius 1 is 1.27 bits per heavy atom. The predicted octanol–water partition coefficient (Wildman–Crippen LogP) is 0.930. The van der Waals surface area contributed by atoms with Crippen LogP contribution in [0.15, 0.2) is 0 Å². The first-order chi connectivity index (χ1) is 4.46. The van der Waals surface area contributed by atoms with Crippen LogP contribution in [0.1, 0.15) is 20.8 Å². The number of Topliss-reactive ketones (excluding diaryl/α,β-unsaturated/α-hetero) is 1. The van der Waals surface area contributed by atoms with Gasteiger partial charge in [-0.2, -0.15) is 0 Å². The molecule has 0 spiro atoms. The number of carbonyl (C=O) groups is 2. The van der Waals surface area contributed by atoms with E-state index in [0.29, 0.717) is 0 Å². The van der Waals surface area contributed by atoms with Crippen LogP contribution in [-0.4, -0.2) is 16.9 Å². The van der Waals surface area contributed by atoms with Crippen LogP contribution in [0, 0.1) is 11.8 Å². The minimum Gasteiger partial charge on any atom is -0.481 e. The molecule has 4 heteroatoms. The molecule has 0 saturated carbocycles. The molecule has 0 aromatic carbocycles. The van der Waals surface area contributed by atoms with Gasteiger partial charge in [-0.1, -0.05) is 13.8 Å².